The Hall–Kier alpha value is -3.61. The van der Waals surface area contributed by atoms with Gasteiger partial charge in [0.05, 0.1) is 20.1 Å². The van der Waals surface area contributed by atoms with E-state index in [4.69, 9.17) is 19.3 Å². The number of ether oxygens (including phenoxy) is 3. The van der Waals surface area contributed by atoms with Crippen molar-refractivity contribution in [3.05, 3.63) is 71.7 Å². The molecule has 6 nitrogen and oxygen atoms in total. The number of aromatic nitrogens is 1. The Balaban J connectivity index is 1.80. The van der Waals surface area contributed by atoms with E-state index in [1.54, 1.807) is 25.4 Å². The van der Waals surface area contributed by atoms with E-state index >= 15 is 0 Å². The van der Waals surface area contributed by atoms with E-state index in [0.29, 0.717) is 36.0 Å². The Morgan fingerprint density at radius 3 is 2.47 bits per heavy atom. The lowest BCUT2D eigenvalue weighted by molar-refractivity contribution is -0.136. The molecule has 0 radical (unpaired) electrons. The summed E-state index contributed by atoms with van der Waals surface area (Å²) in [5.41, 5.74) is 2.27. The maximum atomic E-state index is 14.2. The summed E-state index contributed by atoms with van der Waals surface area (Å²) in [4.78, 5) is 15.1. The molecule has 0 saturated heterocycles. The van der Waals surface area contributed by atoms with Crippen LogP contribution in [0.15, 0.2) is 54.7 Å². The maximum absolute atomic E-state index is 14.2. The Morgan fingerprint density at radius 2 is 1.83 bits per heavy atom. The number of rotatable bonds is 9. The molecule has 0 saturated carbocycles. The van der Waals surface area contributed by atoms with E-state index in [1.165, 1.54) is 12.1 Å². The molecule has 156 valence electrons. The summed E-state index contributed by atoms with van der Waals surface area (Å²) in [6.07, 6.45) is 1.20. The quantitative estimate of drug-likeness (QED) is 0.559. The van der Waals surface area contributed by atoms with Gasteiger partial charge in [-0.1, -0.05) is 24.3 Å². The van der Waals surface area contributed by atoms with E-state index < -0.39 is 11.8 Å². The van der Waals surface area contributed by atoms with Crippen molar-refractivity contribution < 1.29 is 28.5 Å². The van der Waals surface area contributed by atoms with Crippen LogP contribution in [0.5, 0.6) is 17.4 Å². The number of nitrogens with zero attached hydrogens (tertiary/aromatic N) is 1. The SMILES string of the molecule is CCOc1cc(-c2ccc(CC(=O)O)c(F)c2)cnc1OCc1ccc(OC)cc1. The first-order chi connectivity index (χ1) is 14.5. The molecule has 0 atom stereocenters. The number of carbonyl (C=O) groups is 1. The van der Waals surface area contributed by atoms with Crippen LogP contribution < -0.4 is 14.2 Å². The van der Waals surface area contributed by atoms with Crippen molar-refractivity contribution in [1.29, 1.82) is 0 Å². The summed E-state index contributed by atoms with van der Waals surface area (Å²) in [5, 5.41) is 8.85. The van der Waals surface area contributed by atoms with E-state index in [-0.39, 0.29) is 12.0 Å². The van der Waals surface area contributed by atoms with E-state index in [0.717, 1.165) is 11.3 Å². The van der Waals surface area contributed by atoms with Gasteiger partial charge < -0.3 is 19.3 Å². The van der Waals surface area contributed by atoms with E-state index in [9.17, 15) is 9.18 Å². The first kappa shape index (κ1) is 21.1. The zero-order chi connectivity index (χ0) is 21.5. The van der Waals surface area contributed by atoms with Gasteiger partial charge in [-0.3, -0.25) is 4.79 Å². The fourth-order valence-electron chi connectivity index (χ4n) is 2.86. The molecule has 0 fully saturated rings. The van der Waals surface area contributed by atoms with Crippen molar-refractivity contribution in [2.24, 2.45) is 0 Å². The summed E-state index contributed by atoms with van der Waals surface area (Å²) in [5.74, 6) is -0.122. The number of methoxy groups -OCH3 is 1. The second-order valence-corrected chi connectivity index (χ2v) is 6.47. The molecular weight excluding hydrogens is 389 g/mol. The Bertz CT molecular complexity index is 1020. The average Bonchev–Trinajstić information content (AvgIpc) is 2.74. The molecule has 0 aliphatic rings. The number of hydrogen-bond acceptors (Lipinski definition) is 5. The minimum atomic E-state index is -1.08. The highest BCUT2D eigenvalue weighted by Gasteiger charge is 2.13. The zero-order valence-corrected chi connectivity index (χ0v) is 16.7. The summed E-state index contributed by atoms with van der Waals surface area (Å²) in [6, 6.07) is 13.6. The van der Waals surface area contributed by atoms with Crippen LogP contribution >= 0.6 is 0 Å². The molecule has 2 aromatic carbocycles. The Morgan fingerprint density at radius 1 is 1.07 bits per heavy atom. The standard InChI is InChI=1S/C23H22FNO5/c1-3-29-21-11-18(16-6-7-17(12-22(26)27)20(24)10-16)13-25-23(21)30-14-15-4-8-19(28-2)9-5-15/h4-11,13H,3,12,14H2,1-2H3,(H,26,27). The Kier molecular flexibility index (Phi) is 6.85. The number of carboxylic acids is 1. The molecule has 0 aliphatic carbocycles. The van der Waals surface area contributed by atoms with Gasteiger partial charge >= 0.3 is 5.97 Å². The molecule has 1 N–H and O–H groups in total. The summed E-state index contributed by atoms with van der Waals surface area (Å²) < 4.78 is 30.8. The van der Waals surface area contributed by atoms with Crippen LogP contribution in [0.25, 0.3) is 11.1 Å². The first-order valence-corrected chi connectivity index (χ1v) is 9.39. The van der Waals surface area contributed by atoms with Crippen LogP contribution in [0.1, 0.15) is 18.1 Å². The van der Waals surface area contributed by atoms with Crippen molar-refractivity contribution in [2.75, 3.05) is 13.7 Å². The molecule has 3 rings (SSSR count). The van der Waals surface area contributed by atoms with Gasteiger partial charge in [0.15, 0.2) is 5.75 Å². The third-order valence-electron chi connectivity index (χ3n) is 4.38. The molecule has 1 aromatic heterocycles. The second kappa shape index (κ2) is 9.73. The summed E-state index contributed by atoms with van der Waals surface area (Å²) in [6.45, 7) is 2.56. The van der Waals surface area contributed by atoms with Crippen LogP contribution in [-0.2, 0) is 17.8 Å². The van der Waals surface area contributed by atoms with Crippen LogP contribution in [0.2, 0.25) is 0 Å². The topological polar surface area (TPSA) is 77.9 Å². The number of aliphatic carboxylic acids is 1. The fourth-order valence-corrected chi connectivity index (χ4v) is 2.86. The number of halogens is 1. The monoisotopic (exact) mass is 411 g/mol. The number of benzene rings is 2. The third-order valence-corrected chi connectivity index (χ3v) is 4.38. The molecule has 1 heterocycles. The average molecular weight is 411 g/mol. The molecule has 0 bridgehead atoms. The molecule has 30 heavy (non-hydrogen) atoms. The lowest BCUT2D eigenvalue weighted by Crippen LogP contribution is -2.03. The normalized spacial score (nSPS) is 10.5. The van der Waals surface area contributed by atoms with Crippen LogP contribution in [0.4, 0.5) is 4.39 Å². The van der Waals surface area contributed by atoms with Crippen LogP contribution in [-0.4, -0.2) is 29.8 Å². The maximum Gasteiger partial charge on any atom is 0.307 e. The molecule has 0 unspecified atom stereocenters. The lowest BCUT2D eigenvalue weighted by Gasteiger charge is -2.13. The summed E-state index contributed by atoms with van der Waals surface area (Å²) in [7, 11) is 1.61. The van der Waals surface area contributed by atoms with Gasteiger partial charge in [-0.05, 0) is 47.9 Å². The van der Waals surface area contributed by atoms with E-state index in [1.807, 2.05) is 31.2 Å². The highest BCUT2D eigenvalue weighted by atomic mass is 19.1. The Labute approximate surface area is 173 Å². The fraction of sp³-hybridized carbons (Fsp3) is 0.217. The van der Waals surface area contributed by atoms with Crippen LogP contribution in [0.3, 0.4) is 0 Å². The molecule has 0 aliphatic heterocycles. The molecule has 7 heteroatoms. The van der Waals surface area contributed by atoms with Gasteiger partial charge in [0, 0.05) is 11.8 Å². The van der Waals surface area contributed by atoms with Gasteiger partial charge in [0.25, 0.3) is 5.88 Å². The highest BCUT2D eigenvalue weighted by molar-refractivity contribution is 5.71. The van der Waals surface area contributed by atoms with Gasteiger partial charge in [0.1, 0.15) is 18.2 Å². The van der Waals surface area contributed by atoms with E-state index in [2.05, 4.69) is 4.98 Å². The van der Waals surface area contributed by atoms with Crippen molar-refractivity contribution in [3.63, 3.8) is 0 Å². The number of pyridine rings is 1. The molecular formula is C23H22FNO5. The minimum Gasteiger partial charge on any atom is -0.497 e. The van der Waals surface area contributed by atoms with Crippen molar-refractivity contribution in [1.82, 2.24) is 4.98 Å². The predicted octanol–water partition coefficient (Wildman–Crippen LogP) is 4.50. The molecule has 0 amide bonds. The van der Waals surface area contributed by atoms with Crippen molar-refractivity contribution >= 4 is 5.97 Å². The van der Waals surface area contributed by atoms with Gasteiger partial charge in [-0.15, -0.1) is 0 Å². The smallest absolute Gasteiger partial charge is 0.307 e. The van der Waals surface area contributed by atoms with Gasteiger partial charge in [0.2, 0.25) is 0 Å². The van der Waals surface area contributed by atoms with Crippen molar-refractivity contribution in [2.45, 2.75) is 20.0 Å². The molecule has 3 aromatic rings. The van der Waals surface area contributed by atoms with Gasteiger partial charge in [-0.2, -0.15) is 0 Å². The van der Waals surface area contributed by atoms with Crippen molar-refractivity contribution in [3.8, 4) is 28.5 Å². The predicted molar refractivity (Wildman–Crippen MR) is 109 cm³/mol. The number of carboxylic acid groups (broad SMARTS) is 1. The largest absolute Gasteiger partial charge is 0.497 e. The third kappa shape index (κ3) is 5.26. The highest BCUT2D eigenvalue weighted by Crippen LogP contribution is 2.32. The first-order valence-electron chi connectivity index (χ1n) is 9.39. The molecule has 0 spiro atoms. The zero-order valence-electron chi connectivity index (χ0n) is 16.7. The minimum absolute atomic E-state index is 0.128. The van der Waals surface area contributed by atoms with Crippen LogP contribution in [0, 0.1) is 5.82 Å². The number of hydrogen-bond donors (Lipinski definition) is 1. The lowest BCUT2D eigenvalue weighted by atomic mass is 10.0. The summed E-state index contributed by atoms with van der Waals surface area (Å²) >= 11 is 0. The second-order valence-electron chi connectivity index (χ2n) is 6.47. The van der Waals surface area contributed by atoms with Gasteiger partial charge in [-0.25, -0.2) is 9.37 Å².